The average Bonchev–Trinajstić information content (AvgIpc) is 2.88. The van der Waals surface area contributed by atoms with Gasteiger partial charge in [-0.05, 0) is 49.2 Å². The number of hydrogen-bond acceptors (Lipinski definition) is 7. The molecule has 0 saturated heterocycles. The first-order valence-corrected chi connectivity index (χ1v) is 12.4. The summed E-state index contributed by atoms with van der Waals surface area (Å²) in [5.41, 5.74) is 2.12. The normalized spacial score (nSPS) is 17.5. The average molecular weight is 518 g/mol. The quantitative estimate of drug-likeness (QED) is 0.444. The minimum atomic E-state index is -1.11. The molecule has 4 rings (SSSR count). The van der Waals surface area contributed by atoms with Gasteiger partial charge >= 0.3 is 17.3 Å². The van der Waals surface area contributed by atoms with Gasteiger partial charge in [-0.2, -0.15) is 4.98 Å². The third-order valence-corrected chi connectivity index (χ3v) is 6.26. The number of dihydropyridines is 1. The summed E-state index contributed by atoms with van der Waals surface area (Å²) in [5.74, 6) is -1.23. The summed E-state index contributed by atoms with van der Waals surface area (Å²) >= 11 is 0. The lowest BCUT2D eigenvalue weighted by Gasteiger charge is -2.22. The fraction of sp³-hybridized carbons (Fsp3) is 0.321. The number of nitrogens with one attached hydrogen (secondary N) is 1. The van der Waals surface area contributed by atoms with Gasteiger partial charge in [0.15, 0.2) is 6.23 Å². The van der Waals surface area contributed by atoms with Crippen molar-refractivity contribution < 1.29 is 14.6 Å². The molecule has 198 valence electrons. The van der Waals surface area contributed by atoms with E-state index in [4.69, 9.17) is 4.74 Å². The van der Waals surface area contributed by atoms with E-state index in [-0.39, 0.29) is 31.2 Å². The van der Waals surface area contributed by atoms with Gasteiger partial charge in [0.25, 0.3) is 0 Å². The number of anilines is 2. The van der Waals surface area contributed by atoms with E-state index in [1.54, 1.807) is 30.5 Å². The first kappa shape index (κ1) is 26.6. The first-order valence-electron chi connectivity index (χ1n) is 12.4. The maximum Gasteiger partial charge on any atom is 0.354 e. The SMILES string of the molecule is CC1=CC(C)C(Oc2ccc(Nc3nc(=O)n(C[C@H](C)C(=O)O)c(=O)n3Cc3ccc(C)cc3)cc2)N=C1. The largest absolute Gasteiger partial charge is 0.481 e. The molecule has 0 fully saturated rings. The second-order valence-electron chi connectivity index (χ2n) is 9.63. The highest BCUT2D eigenvalue weighted by Gasteiger charge is 2.20. The zero-order valence-electron chi connectivity index (χ0n) is 21.8. The molecule has 10 nitrogen and oxygen atoms in total. The van der Waals surface area contributed by atoms with Gasteiger partial charge in [0, 0.05) is 24.4 Å². The van der Waals surface area contributed by atoms with E-state index in [1.807, 2.05) is 45.0 Å². The number of rotatable bonds is 9. The van der Waals surface area contributed by atoms with E-state index in [2.05, 4.69) is 21.4 Å². The van der Waals surface area contributed by atoms with Crippen molar-refractivity contribution in [3.63, 3.8) is 0 Å². The molecule has 2 N–H and O–H groups in total. The number of ether oxygens (including phenoxy) is 1. The molecule has 38 heavy (non-hydrogen) atoms. The van der Waals surface area contributed by atoms with Crippen molar-refractivity contribution in [2.24, 2.45) is 16.8 Å². The van der Waals surface area contributed by atoms with Crippen molar-refractivity contribution >= 4 is 23.8 Å². The van der Waals surface area contributed by atoms with Crippen molar-refractivity contribution in [3.8, 4) is 5.75 Å². The highest BCUT2D eigenvalue weighted by Crippen LogP contribution is 2.24. The smallest absolute Gasteiger partial charge is 0.354 e. The van der Waals surface area contributed by atoms with E-state index in [9.17, 15) is 19.5 Å². The van der Waals surface area contributed by atoms with Gasteiger partial charge in [-0.25, -0.2) is 19.1 Å². The number of aryl methyl sites for hydroxylation is 1. The van der Waals surface area contributed by atoms with E-state index in [0.717, 1.165) is 21.3 Å². The third kappa shape index (κ3) is 6.26. The number of carboxylic acids is 1. The zero-order valence-corrected chi connectivity index (χ0v) is 21.8. The molecule has 1 aromatic heterocycles. The van der Waals surface area contributed by atoms with Crippen LogP contribution in [0, 0.1) is 18.8 Å². The summed E-state index contributed by atoms with van der Waals surface area (Å²) < 4.78 is 8.19. The summed E-state index contributed by atoms with van der Waals surface area (Å²) in [7, 11) is 0. The van der Waals surface area contributed by atoms with Crippen LogP contribution in [0.5, 0.6) is 5.75 Å². The molecule has 0 amide bonds. The van der Waals surface area contributed by atoms with Crippen molar-refractivity contribution in [2.45, 2.75) is 47.0 Å². The molecule has 0 bridgehead atoms. The van der Waals surface area contributed by atoms with Gasteiger partial charge in [0.05, 0.1) is 12.5 Å². The Morgan fingerprint density at radius 2 is 1.76 bits per heavy atom. The minimum Gasteiger partial charge on any atom is -0.481 e. The van der Waals surface area contributed by atoms with Crippen LogP contribution in [0.1, 0.15) is 31.9 Å². The number of aliphatic imine (C=N–C) groups is 1. The Morgan fingerprint density at radius 3 is 2.39 bits per heavy atom. The predicted octanol–water partition coefficient (Wildman–Crippen LogP) is 3.60. The van der Waals surface area contributed by atoms with Gasteiger partial charge < -0.3 is 15.2 Å². The number of hydrogen-bond donors (Lipinski definition) is 2. The maximum atomic E-state index is 13.4. The number of allylic oxidation sites excluding steroid dienone is 1. The Morgan fingerprint density at radius 1 is 1.08 bits per heavy atom. The summed E-state index contributed by atoms with van der Waals surface area (Å²) in [5, 5.41) is 12.3. The second kappa shape index (κ2) is 11.3. The fourth-order valence-electron chi connectivity index (χ4n) is 4.04. The van der Waals surface area contributed by atoms with Crippen LogP contribution in [0.2, 0.25) is 0 Å². The monoisotopic (exact) mass is 517 g/mol. The molecule has 3 aromatic rings. The van der Waals surface area contributed by atoms with Crippen LogP contribution >= 0.6 is 0 Å². The molecule has 10 heteroatoms. The maximum absolute atomic E-state index is 13.4. The van der Waals surface area contributed by atoms with E-state index in [1.165, 1.54) is 11.5 Å². The Hall–Kier alpha value is -4.47. The molecule has 2 unspecified atom stereocenters. The predicted molar refractivity (Wildman–Crippen MR) is 145 cm³/mol. The van der Waals surface area contributed by atoms with Gasteiger partial charge in [0.2, 0.25) is 5.95 Å². The van der Waals surface area contributed by atoms with Crippen LogP contribution in [0.25, 0.3) is 0 Å². The fourth-order valence-corrected chi connectivity index (χ4v) is 4.04. The lowest BCUT2D eigenvalue weighted by Crippen LogP contribution is -2.44. The van der Waals surface area contributed by atoms with Crippen LogP contribution in [0.4, 0.5) is 11.6 Å². The first-order chi connectivity index (χ1) is 18.1. The lowest BCUT2D eigenvalue weighted by atomic mass is 10.0. The molecular formula is C28H31N5O5. The van der Waals surface area contributed by atoms with Gasteiger partial charge in [-0.1, -0.05) is 49.8 Å². The molecule has 3 atom stereocenters. The summed E-state index contributed by atoms with van der Waals surface area (Å²) in [6.07, 6.45) is 3.57. The topological polar surface area (TPSA) is 128 Å². The van der Waals surface area contributed by atoms with Gasteiger partial charge in [-0.3, -0.25) is 9.36 Å². The molecule has 2 aromatic carbocycles. The van der Waals surface area contributed by atoms with Crippen LogP contribution in [-0.2, 0) is 17.9 Å². The van der Waals surface area contributed by atoms with Crippen molar-refractivity contribution in [3.05, 3.63) is 92.3 Å². The van der Waals surface area contributed by atoms with Crippen LogP contribution < -0.4 is 21.4 Å². The molecular weight excluding hydrogens is 486 g/mol. The van der Waals surface area contributed by atoms with Crippen LogP contribution in [0.15, 0.2) is 74.8 Å². The number of carbonyl (C=O) groups is 1. The third-order valence-electron chi connectivity index (χ3n) is 6.26. The molecule has 0 radical (unpaired) electrons. The van der Waals surface area contributed by atoms with Crippen LogP contribution in [-0.4, -0.2) is 37.6 Å². The minimum absolute atomic E-state index is 0.0552. The van der Waals surface area contributed by atoms with Crippen LogP contribution in [0.3, 0.4) is 0 Å². The van der Waals surface area contributed by atoms with E-state index < -0.39 is 23.3 Å². The zero-order chi connectivity index (χ0) is 27.4. The molecule has 0 spiro atoms. The van der Waals surface area contributed by atoms with Gasteiger partial charge in [0.1, 0.15) is 5.75 Å². The molecule has 0 saturated carbocycles. The van der Waals surface area contributed by atoms with Gasteiger partial charge in [-0.15, -0.1) is 0 Å². The highest BCUT2D eigenvalue weighted by molar-refractivity contribution is 5.78. The van der Waals surface area contributed by atoms with Crippen molar-refractivity contribution in [2.75, 3.05) is 5.32 Å². The lowest BCUT2D eigenvalue weighted by molar-refractivity contribution is -0.141. The van der Waals surface area contributed by atoms with E-state index in [0.29, 0.717) is 11.4 Å². The molecule has 1 aliphatic rings. The summed E-state index contributed by atoms with van der Waals surface area (Å²) in [4.78, 5) is 46.0. The highest BCUT2D eigenvalue weighted by atomic mass is 16.5. The number of benzene rings is 2. The second-order valence-corrected chi connectivity index (χ2v) is 9.63. The molecule has 2 heterocycles. The number of carboxylic acid groups (broad SMARTS) is 1. The Bertz CT molecular complexity index is 1490. The Kier molecular flexibility index (Phi) is 7.90. The number of nitrogens with zero attached hydrogens (tertiary/aromatic N) is 4. The Balaban J connectivity index is 1.62. The summed E-state index contributed by atoms with van der Waals surface area (Å²) in [6, 6.07) is 14.7. The molecule has 0 aliphatic carbocycles. The van der Waals surface area contributed by atoms with E-state index >= 15 is 0 Å². The standard InChI is InChI=1S/C28H31N5O5/c1-17-5-7-21(8-6-17)16-32-26(31-27(36)33(28(32)37)15-20(4)25(34)35)30-22-9-11-23(12-10-22)38-24-19(3)13-18(2)14-29-24/h5-14,19-20,24H,15-16H2,1-4H3,(H,34,35)(H,30,31,36)/t19?,20-,24?/m0/s1. The number of aromatic nitrogens is 3. The Labute approximate surface area is 220 Å². The number of aliphatic carboxylic acids is 1. The summed E-state index contributed by atoms with van der Waals surface area (Å²) in [6.45, 7) is 7.29. The van der Waals surface area contributed by atoms with Crippen molar-refractivity contribution in [1.82, 2.24) is 14.1 Å². The molecule has 1 aliphatic heterocycles. The van der Waals surface area contributed by atoms with Crippen molar-refractivity contribution in [1.29, 1.82) is 0 Å².